The molecule has 15 heavy (non-hydrogen) atoms. The highest BCUT2D eigenvalue weighted by molar-refractivity contribution is 7.10. The molecule has 1 fully saturated rings. The van der Waals surface area contributed by atoms with Gasteiger partial charge in [-0.2, -0.15) is 0 Å². The molecule has 4 heteroatoms. The van der Waals surface area contributed by atoms with Crippen LogP contribution in [0.1, 0.15) is 18.7 Å². The Hall–Kier alpha value is -0.0900. The van der Waals surface area contributed by atoms with Crippen molar-refractivity contribution < 1.29 is 0 Å². The number of hydrogen-bond acceptors (Lipinski definition) is 3. The molecule has 1 aromatic rings. The summed E-state index contributed by atoms with van der Waals surface area (Å²) in [6.07, 6.45) is 0. The molecule has 2 atom stereocenters. The summed E-state index contributed by atoms with van der Waals surface area (Å²) in [7, 11) is 0. The van der Waals surface area contributed by atoms with Gasteiger partial charge in [-0.25, -0.2) is 0 Å². The molecule has 0 aromatic carbocycles. The average molecular weight is 245 g/mol. The largest absolute Gasteiger partial charge is 0.314 e. The maximum atomic E-state index is 5.93. The number of nitrogens with zero attached hydrogens (tertiary/aromatic N) is 1. The molecule has 2 heterocycles. The molecular formula is C11H17ClN2S. The second kappa shape index (κ2) is 4.83. The van der Waals surface area contributed by atoms with Crippen LogP contribution in [-0.2, 0) is 6.54 Å². The highest BCUT2D eigenvalue weighted by Gasteiger charge is 2.24. The summed E-state index contributed by atoms with van der Waals surface area (Å²) in [5.74, 6) is 0. The number of rotatable bonds is 2. The highest BCUT2D eigenvalue weighted by Crippen LogP contribution is 2.23. The molecule has 0 radical (unpaired) electrons. The maximum absolute atomic E-state index is 5.93. The van der Waals surface area contributed by atoms with Crippen molar-refractivity contribution in [3.63, 3.8) is 0 Å². The SMILES string of the molecule is C[C@@H]1CNC[C@H](C)N1Cc1cc(Cl)cs1. The monoisotopic (exact) mass is 244 g/mol. The van der Waals surface area contributed by atoms with Crippen molar-refractivity contribution in [2.24, 2.45) is 0 Å². The van der Waals surface area contributed by atoms with Crippen molar-refractivity contribution in [1.29, 1.82) is 0 Å². The van der Waals surface area contributed by atoms with Gasteiger partial charge in [-0.05, 0) is 19.9 Å². The second-order valence-electron chi connectivity index (χ2n) is 4.26. The van der Waals surface area contributed by atoms with Gasteiger partial charge in [0, 0.05) is 42.0 Å². The molecule has 1 aliphatic rings. The number of nitrogens with one attached hydrogen (secondary N) is 1. The summed E-state index contributed by atoms with van der Waals surface area (Å²) in [4.78, 5) is 3.90. The van der Waals surface area contributed by atoms with Crippen molar-refractivity contribution >= 4 is 22.9 Å². The van der Waals surface area contributed by atoms with Crippen LogP contribution in [0.15, 0.2) is 11.4 Å². The van der Waals surface area contributed by atoms with Crippen LogP contribution in [0.3, 0.4) is 0 Å². The predicted octanol–water partition coefficient (Wildman–Crippen LogP) is 2.58. The molecule has 0 bridgehead atoms. The van der Waals surface area contributed by atoms with Gasteiger partial charge >= 0.3 is 0 Å². The van der Waals surface area contributed by atoms with E-state index in [9.17, 15) is 0 Å². The maximum Gasteiger partial charge on any atom is 0.0516 e. The molecule has 84 valence electrons. The Morgan fingerprint density at radius 1 is 1.47 bits per heavy atom. The Bertz CT molecular complexity index is 316. The van der Waals surface area contributed by atoms with Gasteiger partial charge in [0.25, 0.3) is 0 Å². The molecule has 0 spiro atoms. The van der Waals surface area contributed by atoms with Gasteiger partial charge in [-0.15, -0.1) is 11.3 Å². The van der Waals surface area contributed by atoms with Crippen LogP contribution in [0.4, 0.5) is 0 Å². The fourth-order valence-electron chi connectivity index (χ4n) is 2.10. The van der Waals surface area contributed by atoms with Gasteiger partial charge in [-0.1, -0.05) is 11.6 Å². The summed E-state index contributed by atoms with van der Waals surface area (Å²) in [6, 6.07) is 3.29. The third-order valence-electron chi connectivity index (χ3n) is 2.97. The van der Waals surface area contributed by atoms with E-state index < -0.39 is 0 Å². The van der Waals surface area contributed by atoms with Crippen molar-refractivity contribution in [2.75, 3.05) is 13.1 Å². The molecular weight excluding hydrogens is 228 g/mol. The lowest BCUT2D eigenvalue weighted by Crippen LogP contribution is -2.54. The fourth-order valence-corrected chi connectivity index (χ4v) is 3.18. The zero-order valence-corrected chi connectivity index (χ0v) is 10.7. The molecule has 2 rings (SSSR count). The van der Waals surface area contributed by atoms with Crippen LogP contribution in [0.5, 0.6) is 0 Å². The molecule has 0 saturated carbocycles. The van der Waals surface area contributed by atoms with E-state index in [0.29, 0.717) is 12.1 Å². The van der Waals surface area contributed by atoms with Crippen molar-refractivity contribution in [3.8, 4) is 0 Å². The van der Waals surface area contributed by atoms with Gasteiger partial charge < -0.3 is 5.32 Å². The van der Waals surface area contributed by atoms with Crippen LogP contribution in [0.25, 0.3) is 0 Å². The minimum Gasteiger partial charge on any atom is -0.314 e. The number of hydrogen-bond donors (Lipinski definition) is 1. The Balaban J connectivity index is 2.03. The number of piperazine rings is 1. The normalized spacial score (nSPS) is 28.2. The Kier molecular flexibility index (Phi) is 3.67. The summed E-state index contributed by atoms with van der Waals surface area (Å²) < 4.78 is 0. The first-order valence-corrected chi connectivity index (χ1v) is 6.62. The van der Waals surface area contributed by atoms with Crippen molar-refractivity contribution in [1.82, 2.24) is 10.2 Å². The third-order valence-corrected chi connectivity index (χ3v) is 4.24. The van der Waals surface area contributed by atoms with Gasteiger partial charge in [-0.3, -0.25) is 4.90 Å². The van der Waals surface area contributed by atoms with Crippen LogP contribution >= 0.6 is 22.9 Å². The fraction of sp³-hybridized carbons (Fsp3) is 0.636. The van der Waals surface area contributed by atoms with Crippen molar-refractivity contribution in [3.05, 3.63) is 21.3 Å². The van der Waals surface area contributed by atoms with E-state index in [4.69, 9.17) is 11.6 Å². The zero-order valence-electron chi connectivity index (χ0n) is 9.16. The summed E-state index contributed by atoms with van der Waals surface area (Å²) in [6.45, 7) is 7.75. The Morgan fingerprint density at radius 2 is 2.13 bits per heavy atom. The summed E-state index contributed by atoms with van der Waals surface area (Å²) in [5.41, 5.74) is 0. The molecule has 0 amide bonds. The Morgan fingerprint density at radius 3 is 2.67 bits per heavy atom. The minimum atomic E-state index is 0.606. The standard InChI is InChI=1S/C11H17ClN2S/c1-8-4-13-5-9(2)14(8)6-11-3-10(12)7-15-11/h3,7-9,13H,4-6H2,1-2H3/t8-,9+. The average Bonchev–Trinajstić information content (AvgIpc) is 2.58. The molecule has 2 nitrogen and oxygen atoms in total. The first-order valence-electron chi connectivity index (χ1n) is 5.36. The second-order valence-corrected chi connectivity index (χ2v) is 5.69. The van der Waals surface area contributed by atoms with Crippen LogP contribution in [0.2, 0.25) is 5.02 Å². The van der Waals surface area contributed by atoms with Gasteiger partial charge in [0.15, 0.2) is 0 Å². The van der Waals surface area contributed by atoms with Crippen molar-refractivity contribution in [2.45, 2.75) is 32.5 Å². The molecule has 0 unspecified atom stereocenters. The first kappa shape index (κ1) is 11.4. The van der Waals surface area contributed by atoms with Gasteiger partial charge in [0.2, 0.25) is 0 Å². The lowest BCUT2D eigenvalue weighted by molar-refractivity contribution is 0.110. The molecule has 1 saturated heterocycles. The van der Waals surface area contributed by atoms with Gasteiger partial charge in [0.1, 0.15) is 0 Å². The lowest BCUT2D eigenvalue weighted by Gasteiger charge is -2.39. The minimum absolute atomic E-state index is 0.606. The van der Waals surface area contributed by atoms with E-state index in [1.165, 1.54) is 4.88 Å². The van der Waals surface area contributed by atoms with E-state index in [-0.39, 0.29) is 0 Å². The number of halogens is 1. The smallest absolute Gasteiger partial charge is 0.0516 e. The molecule has 1 N–H and O–H groups in total. The van der Waals surface area contributed by atoms with E-state index in [0.717, 1.165) is 24.7 Å². The Labute approximate surface area is 100 Å². The quantitative estimate of drug-likeness (QED) is 0.861. The zero-order chi connectivity index (χ0) is 10.8. The third kappa shape index (κ3) is 2.72. The lowest BCUT2D eigenvalue weighted by atomic mass is 10.1. The van der Waals surface area contributed by atoms with Crippen LogP contribution in [-0.4, -0.2) is 30.1 Å². The van der Waals surface area contributed by atoms with E-state index in [1.807, 2.05) is 5.38 Å². The van der Waals surface area contributed by atoms with E-state index in [2.05, 4.69) is 30.1 Å². The summed E-state index contributed by atoms with van der Waals surface area (Å²) >= 11 is 7.68. The van der Waals surface area contributed by atoms with Crippen LogP contribution in [0, 0.1) is 0 Å². The first-order chi connectivity index (χ1) is 7.16. The van der Waals surface area contributed by atoms with E-state index >= 15 is 0 Å². The highest BCUT2D eigenvalue weighted by atomic mass is 35.5. The van der Waals surface area contributed by atoms with E-state index in [1.54, 1.807) is 11.3 Å². The van der Waals surface area contributed by atoms with Crippen LogP contribution < -0.4 is 5.32 Å². The molecule has 1 aromatic heterocycles. The number of thiophene rings is 1. The summed E-state index contributed by atoms with van der Waals surface area (Å²) in [5, 5.41) is 6.32. The topological polar surface area (TPSA) is 15.3 Å². The molecule has 0 aliphatic carbocycles. The van der Waals surface area contributed by atoms with Gasteiger partial charge in [0.05, 0.1) is 5.02 Å². The predicted molar refractivity (Wildman–Crippen MR) is 66.7 cm³/mol. The molecule has 1 aliphatic heterocycles.